The Balaban J connectivity index is 1.97. The molecule has 1 heterocycles. The molecule has 0 saturated carbocycles. The number of hydrogen-bond donors (Lipinski definition) is 2. The molecule has 1 unspecified atom stereocenters. The summed E-state index contributed by atoms with van der Waals surface area (Å²) in [7, 11) is 1.74. The van der Waals surface area contributed by atoms with Gasteiger partial charge in [0, 0.05) is 13.6 Å². The number of nitrogens with two attached hydrogens (primary N) is 1. The van der Waals surface area contributed by atoms with Crippen LogP contribution in [-0.4, -0.2) is 22.2 Å². The molecule has 3 N–H and O–H groups in total. The Labute approximate surface area is 107 Å². The van der Waals surface area contributed by atoms with Gasteiger partial charge in [-0.1, -0.05) is 12.2 Å². The number of amides is 1. The fourth-order valence-corrected chi connectivity index (χ4v) is 2.31. The lowest BCUT2D eigenvalue weighted by atomic mass is 9.94. The Morgan fingerprint density at radius 3 is 2.94 bits per heavy atom. The number of hydrogen-bond acceptors (Lipinski definition) is 3. The summed E-state index contributed by atoms with van der Waals surface area (Å²) in [6.45, 7) is 2.50. The van der Waals surface area contributed by atoms with Crippen LogP contribution >= 0.6 is 0 Å². The monoisotopic (exact) mass is 248 g/mol. The number of allylic oxidation sites excluding steroid dienone is 2. The smallest absolute Gasteiger partial charge is 0.271 e. The molecule has 98 valence electrons. The van der Waals surface area contributed by atoms with Gasteiger partial charge in [-0.05, 0) is 32.1 Å². The van der Waals surface area contributed by atoms with Crippen molar-refractivity contribution in [2.45, 2.75) is 26.2 Å². The first-order chi connectivity index (χ1) is 8.59. The first kappa shape index (κ1) is 12.7. The number of aromatic nitrogens is 2. The standard InChI is InChI=1S/C13H20N4O/c1-9-11(14)12(17(2)16-9)13(18)15-8-10-6-4-3-5-7-10/h3-4,10H,5-8,14H2,1-2H3,(H,15,18). The molecule has 0 aliphatic heterocycles. The zero-order chi connectivity index (χ0) is 13.1. The molecule has 1 aliphatic rings. The molecular weight excluding hydrogens is 228 g/mol. The molecular formula is C13H20N4O. The molecule has 18 heavy (non-hydrogen) atoms. The van der Waals surface area contributed by atoms with Crippen LogP contribution in [-0.2, 0) is 7.05 Å². The van der Waals surface area contributed by atoms with Crippen LogP contribution in [0.25, 0.3) is 0 Å². The molecule has 0 spiro atoms. The van der Waals surface area contributed by atoms with Crippen LogP contribution in [0, 0.1) is 12.8 Å². The molecule has 1 aliphatic carbocycles. The summed E-state index contributed by atoms with van der Waals surface area (Å²) < 4.78 is 1.54. The molecule has 5 nitrogen and oxygen atoms in total. The van der Waals surface area contributed by atoms with Crippen LogP contribution in [0.2, 0.25) is 0 Å². The molecule has 0 fully saturated rings. The lowest BCUT2D eigenvalue weighted by molar-refractivity contribution is 0.0937. The third-order valence-corrected chi connectivity index (χ3v) is 3.41. The van der Waals surface area contributed by atoms with Crippen LogP contribution < -0.4 is 11.1 Å². The van der Waals surface area contributed by atoms with Crippen LogP contribution in [0.1, 0.15) is 35.4 Å². The molecule has 0 saturated heterocycles. The highest BCUT2D eigenvalue weighted by Gasteiger charge is 2.19. The Morgan fingerprint density at radius 1 is 1.61 bits per heavy atom. The zero-order valence-electron chi connectivity index (χ0n) is 10.9. The lowest BCUT2D eigenvalue weighted by Gasteiger charge is -2.18. The summed E-state index contributed by atoms with van der Waals surface area (Å²) in [5.41, 5.74) is 7.48. The number of aryl methyl sites for hydroxylation is 2. The van der Waals surface area contributed by atoms with E-state index in [1.807, 2.05) is 0 Å². The Morgan fingerprint density at radius 2 is 2.39 bits per heavy atom. The molecule has 0 radical (unpaired) electrons. The van der Waals surface area contributed by atoms with E-state index >= 15 is 0 Å². The Kier molecular flexibility index (Phi) is 3.69. The second-order valence-corrected chi connectivity index (χ2v) is 4.83. The Bertz CT molecular complexity index is 476. The zero-order valence-corrected chi connectivity index (χ0v) is 10.9. The molecule has 2 rings (SSSR count). The number of nitrogens with zero attached hydrogens (tertiary/aromatic N) is 2. The highest BCUT2D eigenvalue weighted by molar-refractivity contribution is 5.97. The summed E-state index contributed by atoms with van der Waals surface area (Å²) in [6, 6.07) is 0. The molecule has 0 bridgehead atoms. The van der Waals surface area contributed by atoms with Crippen LogP contribution in [0.4, 0.5) is 5.69 Å². The van der Waals surface area contributed by atoms with E-state index in [2.05, 4.69) is 22.6 Å². The normalized spacial score (nSPS) is 18.9. The molecule has 1 aromatic heterocycles. The van der Waals surface area contributed by atoms with E-state index in [0.29, 0.717) is 29.5 Å². The maximum atomic E-state index is 12.1. The van der Waals surface area contributed by atoms with Gasteiger partial charge >= 0.3 is 0 Å². The quantitative estimate of drug-likeness (QED) is 0.794. The summed E-state index contributed by atoms with van der Waals surface area (Å²) in [6.07, 6.45) is 7.66. The van der Waals surface area contributed by atoms with E-state index < -0.39 is 0 Å². The van der Waals surface area contributed by atoms with Gasteiger partial charge in [0.05, 0.1) is 11.4 Å². The summed E-state index contributed by atoms with van der Waals surface area (Å²) in [5, 5.41) is 7.10. The fourth-order valence-electron chi connectivity index (χ4n) is 2.31. The van der Waals surface area contributed by atoms with Gasteiger partial charge in [-0.15, -0.1) is 0 Å². The summed E-state index contributed by atoms with van der Waals surface area (Å²) >= 11 is 0. The van der Waals surface area contributed by atoms with Gasteiger partial charge in [0.1, 0.15) is 5.69 Å². The first-order valence-corrected chi connectivity index (χ1v) is 6.32. The largest absolute Gasteiger partial charge is 0.395 e. The van der Waals surface area contributed by atoms with E-state index in [1.54, 1.807) is 18.7 Å². The minimum atomic E-state index is -0.134. The number of nitrogens with one attached hydrogen (secondary N) is 1. The highest BCUT2D eigenvalue weighted by Crippen LogP contribution is 2.18. The lowest BCUT2D eigenvalue weighted by Crippen LogP contribution is -2.31. The van der Waals surface area contributed by atoms with E-state index in [-0.39, 0.29) is 5.91 Å². The third kappa shape index (κ3) is 2.55. The van der Waals surface area contributed by atoms with E-state index in [1.165, 1.54) is 0 Å². The highest BCUT2D eigenvalue weighted by atomic mass is 16.2. The van der Waals surface area contributed by atoms with Crippen molar-refractivity contribution in [3.8, 4) is 0 Å². The van der Waals surface area contributed by atoms with Crippen molar-refractivity contribution >= 4 is 11.6 Å². The summed E-state index contributed by atoms with van der Waals surface area (Å²) in [5.74, 6) is 0.402. The number of anilines is 1. The van der Waals surface area contributed by atoms with Crippen LogP contribution in [0.3, 0.4) is 0 Å². The fraction of sp³-hybridized carbons (Fsp3) is 0.538. The van der Waals surface area contributed by atoms with Gasteiger partial charge in [-0.25, -0.2) is 0 Å². The topological polar surface area (TPSA) is 72.9 Å². The van der Waals surface area contributed by atoms with Gasteiger partial charge in [-0.2, -0.15) is 5.10 Å². The van der Waals surface area contributed by atoms with Gasteiger partial charge in [0.25, 0.3) is 5.91 Å². The second kappa shape index (κ2) is 5.25. The number of carbonyl (C=O) groups excluding carboxylic acids is 1. The van der Waals surface area contributed by atoms with Gasteiger partial charge in [0.15, 0.2) is 0 Å². The second-order valence-electron chi connectivity index (χ2n) is 4.83. The van der Waals surface area contributed by atoms with Crippen molar-refractivity contribution in [3.63, 3.8) is 0 Å². The Hall–Kier alpha value is -1.78. The molecule has 1 amide bonds. The van der Waals surface area contributed by atoms with Crippen LogP contribution in [0.15, 0.2) is 12.2 Å². The number of carbonyl (C=O) groups is 1. The minimum absolute atomic E-state index is 0.134. The van der Waals surface area contributed by atoms with E-state index in [0.717, 1.165) is 19.3 Å². The van der Waals surface area contributed by atoms with E-state index in [9.17, 15) is 4.79 Å². The van der Waals surface area contributed by atoms with Gasteiger partial charge in [-0.3, -0.25) is 9.48 Å². The van der Waals surface area contributed by atoms with Crippen molar-refractivity contribution in [2.75, 3.05) is 12.3 Å². The minimum Gasteiger partial charge on any atom is -0.395 e. The van der Waals surface area contributed by atoms with Crippen molar-refractivity contribution in [1.29, 1.82) is 0 Å². The maximum absolute atomic E-state index is 12.1. The molecule has 1 atom stereocenters. The predicted molar refractivity (Wildman–Crippen MR) is 71.2 cm³/mol. The van der Waals surface area contributed by atoms with Crippen molar-refractivity contribution < 1.29 is 4.79 Å². The third-order valence-electron chi connectivity index (χ3n) is 3.41. The van der Waals surface area contributed by atoms with Crippen LogP contribution in [0.5, 0.6) is 0 Å². The van der Waals surface area contributed by atoms with Gasteiger partial charge < -0.3 is 11.1 Å². The maximum Gasteiger partial charge on any atom is 0.271 e. The van der Waals surface area contributed by atoms with Gasteiger partial charge in [0.2, 0.25) is 0 Å². The van der Waals surface area contributed by atoms with Crippen molar-refractivity contribution in [3.05, 3.63) is 23.5 Å². The van der Waals surface area contributed by atoms with E-state index in [4.69, 9.17) is 5.73 Å². The van der Waals surface area contributed by atoms with Crippen molar-refractivity contribution in [1.82, 2.24) is 15.1 Å². The predicted octanol–water partition coefficient (Wildman–Crippen LogP) is 1.40. The number of nitrogen functional groups attached to an aromatic ring is 1. The number of rotatable bonds is 3. The SMILES string of the molecule is Cc1nn(C)c(C(=O)NCC2CC=CCC2)c1N. The molecule has 1 aromatic rings. The average molecular weight is 248 g/mol. The van der Waals surface area contributed by atoms with Crippen molar-refractivity contribution in [2.24, 2.45) is 13.0 Å². The summed E-state index contributed by atoms with van der Waals surface area (Å²) in [4.78, 5) is 12.1. The first-order valence-electron chi connectivity index (χ1n) is 6.32. The average Bonchev–Trinajstić information content (AvgIpc) is 2.62. The molecule has 0 aromatic carbocycles. The molecule has 5 heteroatoms.